The first-order chi connectivity index (χ1) is 18.1. The number of benzene rings is 2. The molecule has 4 aliphatic carbocycles. The minimum absolute atomic E-state index is 0.223. The minimum atomic E-state index is -1.37. The van der Waals surface area contributed by atoms with Gasteiger partial charge in [-0.25, -0.2) is 9.79 Å². The standard InChI is InChI=1S/C32H39NO4Si/c1-6-27(33-29(36-2)20-7-9-21(10-8-20)30(34)35)22-11-12-28(37-19-38(3,4)5)25(13-22)31-14-23-15-32(26(23)18-31)17-24(32)16-31/h6-13,23-24,26H,14-19H2,1-5H3,(H,34,35)/b27-6-,33-29-. The summed E-state index contributed by atoms with van der Waals surface area (Å²) in [5.41, 5.74) is 5.23. The molecule has 2 aromatic rings. The Labute approximate surface area is 227 Å². The topological polar surface area (TPSA) is 68.1 Å². The van der Waals surface area contributed by atoms with Crippen molar-refractivity contribution in [2.75, 3.05) is 13.3 Å². The van der Waals surface area contributed by atoms with Crippen LogP contribution in [0.1, 0.15) is 66.1 Å². The van der Waals surface area contributed by atoms with E-state index < -0.39 is 14.0 Å². The number of fused-ring (bicyclic) bond motifs is 1. The monoisotopic (exact) mass is 529 g/mol. The fourth-order valence-corrected chi connectivity index (χ4v) is 8.53. The Morgan fingerprint density at radius 2 is 1.74 bits per heavy atom. The van der Waals surface area contributed by atoms with Crippen molar-refractivity contribution in [2.24, 2.45) is 28.2 Å². The van der Waals surface area contributed by atoms with E-state index in [-0.39, 0.29) is 11.0 Å². The fraction of sp³-hybridized carbons (Fsp3) is 0.500. The molecule has 4 aliphatic rings. The van der Waals surface area contributed by atoms with Gasteiger partial charge >= 0.3 is 5.97 Å². The van der Waals surface area contributed by atoms with Crippen molar-refractivity contribution >= 4 is 25.6 Å². The fourth-order valence-electron chi connectivity index (χ4n) is 7.94. The Kier molecular flexibility index (Phi) is 5.91. The average Bonchev–Trinajstić information content (AvgIpc) is 3.57. The summed E-state index contributed by atoms with van der Waals surface area (Å²) < 4.78 is 12.3. The molecule has 5 unspecified atom stereocenters. The first-order valence-electron chi connectivity index (χ1n) is 14.0. The Balaban J connectivity index is 1.36. The molecule has 5 atom stereocenters. The van der Waals surface area contributed by atoms with Crippen molar-refractivity contribution in [3.05, 3.63) is 70.8 Å². The summed E-state index contributed by atoms with van der Waals surface area (Å²) >= 11 is 0. The number of nitrogens with zero attached hydrogens (tertiary/aromatic N) is 1. The number of hydrogen-bond donors (Lipinski definition) is 1. The van der Waals surface area contributed by atoms with Crippen molar-refractivity contribution in [3.8, 4) is 5.75 Å². The highest BCUT2D eigenvalue weighted by Crippen LogP contribution is 2.84. The van der Waals surface area contributed by atoms with Crippen LogP contribution in [-0.2, 0) is 10.2 Å². The second-order valence-corrected chi connectivity index (χ2v) is 18.7. The quantitative estimate of drug-likeness (QED) is 0.224. The molecule has 0 saturated heterocycles. The molecule has 0 radical (unpaired) electrons. The summed E-state index contributed by atoms with van der Waals surface area (Å²) in [6, 6.07) is 13.3. The van der Waals surface area contributed by atoms with Gasteiger partial charge in [0, 0.05) is 16.7 Å². The lowest BCUT2D eigenvalue weighted by Crippen LogP contribution is -2.38. The lowest BCUT2D eigenvalue weighted by atomic mass is 9.60. The van der Waals surface area contributed by atoms with Gasteiger partial charge in [0.25, 0.3) is 0 Å². The van der Waals surface area contributed by atoms with E-state index in [9.17, 15) is 9.90 Å². The van der Waals surface area contributed by atoms with Crippen LogP contribution in [0.5, 0.6) is 5.75 Å². The van der Waals surface area contributed by atoms with Crippen molar-refractivity contribution in [1.29, 1.82) is 0 Å². The van der Waals surface area contributed by atoms with Crippen molar-refractivity contribution < 1.29 is 19.4 Å². The second kappa shape index (κ2) is 8.83. The zero-order valence-corrected chi connectivity index (χ0v) is 24.2. The van der Waals surface area contributed by atoms with E-state index in [1.54, 1.807) is 31.4 Å². The number of ether oxygens (including phenoxy) is 2. The van der Waals surface area contributed by atoms with E-state index in [1.165, 1.54) is 37.7 Å². The van der Waals surface area contributed by atoms with Gasteiger partial charge in [0.15, 0.2) is 0 Å². The molecule has 1 spiro atoms. The van der Waals surface area contributed by atoms with Crippen LogP contribution >= 0.6 is 0 Å². The summed E-state index contributed by atoms with van der Waals surface area (Å²) in [6.45, 7) is 9.07. The number of aromatic carboxylic acids is 1. The van der Waals surface area contributed by atoms with E-state index in [4.69, 9.17) is 14.5 Å². The molecule has 1 N–H and O–H groups in total. The molecule has 5 nitrogen and oxygen atoms in total. The van der Waals surface area contributed by atoms with Gasteiger partial charge in [-0.3, -0.25) is 0 Å². The summed E-state index contributed by atoms with van der Waals surface area (Å²) in [5, 5.41) is 9.25. The van der Waals surface area contributed by atoms with E-state index >= 15 is 0 Å². The van der Waals surface area contributed by atoms with Crippen LogP contribution in [0.25, 0.3) is 5.70 Å². The van der Waals surface area contributed by atoms with E-state index in [1.807, 2.05) is 13.0 Å². The highest BCUT2D eigenvalue weighted by atomic mass is 28.3. The Hall–Kier alpha value is -2.86. The molecule has 2 bridgehead atoms. The molecule has 0 heterocycles. The smallest absolute Gasteiger partial charge is 0.335 e. The second-order valence-electron chi connectivity index (χ2n) is 13.3. The summed E-state index contributed by atoms with van der Waals surface area (Å²) in [7, 11) is 0.230. The number of allylic oxidation sites excluding steroid dienone is 1. The highest BCUT2D eigenvalue weighted by Gasteiger charge is 2.76. The number of carboxylic acids is 1. The largest absolute Gasteiger partial charge is 0.497 e. The summed E-state index contributed by atoms with van der Waals surface area (Å²) in [5.74, 6) is 3.30. The van der Waals surface area contributed by atoms with Crippen LogP contribution in [0, 0.1) is 23.2 Å². The first kappa shape index (κ1) is 25.4. The lowest BCUT2D eigenvalue weighted by Gasteiger charge is -2.44. The highest BCUT2D eigenvalue weighted by molar-refractivity contribution is 6.76. The Bertz CT molecular complexity index is 1340. The van der Waals surface area contributed by atoms with Crippen molar-refractivity contribution in [1.82, 2.24) is 0 Å². The van der Waals surface area contributed by atoms with Crippen molar-refractivity contribution in [3.63, 3.8) is 0 Å². The molecule has 200 valence electrons. The number of carboxylic acid groups (broad SMARTS) is 1. The number of rotatable bonds is 8. The molecule has 6 heteroatoms. The lowest BCUT2D eigenvalue weighted by molar-refractivity contribution is 0.0522. The average molecular weight is 530 g/mol. The number of hydrogen-bond acceptors (Lipinski definition) is 4. The normalized spacial score (nSPS) is 31.3. The zero-order chi connectivity index (χ0) is 26.9. The maximum absolute atomic E-state index is 11.3. The van der Waals surface area contributed by atoms with Gasteiger partial charge in [-0.1, -0.05) is 25.7 Å². The third kappa shape index (κ3) is 4.12. The SMILES string of the molecule is C/C=C(\N=C(/OC)c1ccc(C(=O)O)cc1)c1ccc(OC[Si](C)(C)C)c(C23CC4CC5(CC5C2)C4C3)c1. The van der Waals surface area contributed by atoms with Gasteiger partial charge in [-0.2, -0.15) is 0 Å². The molecule has 0 amide bonds. The van der Waals surface area contributed by atoms with Crippen LogP contribution in [0.15, 0.2) is 53.5 Å². The molecule has 0 aromatic heterocycles. The predicted octanol–water partition coefficient (Wildman–Crippen LogP) is 7.17. The molecule has 6 rings (SSSR count). The summed E-state index contributed by atoms with van der Waals surface area (Å²) in [4.78, 5) is 16.2. The van der Waals surface area contributed by atoms with Gasteiger partial charge in [-0.05, 0) is 110 Å². The van der Waals surface area contributed by atoms with Gasteiger partial charge in [-0.15, -0.1) is 0 Å². The molecule has 4 saturated carbocycles. The Morgan fingerprint density at radius 3 is 2.39 bits per heavy atom. The number of carbonyl (C=O) groups is 1. The number of aliphatic imine (C=N–C) groups is 1. The van der Waals surface area contributed by atoms with Crippen LogP contribution in [0.4, 0.5) is 0 Å². The van der Waals surface area contributed by atoms with Crippen LogP contribution < -0.4 is 4.74 Å². The van der Waals surface area contributed by atoms with Gasteiger partial charge in [0.05, 0.1) is 32.7 Å². The third-order valence-corrected chi connectivity index (χ3v) is 10.7. The molecular weight excluding hydrogens is 490 g/mol. The third-order valence-electron chi connectivity index (χ3n) is 9.70. The van der Waals surface area contributed by atoms with Crippen molar-refractivity contribution in [2.45, 2.75) is 64.1 Å². The van der Waals surface area contributed by atoms with Crippen LogP contribution in [0.2, 0.25) is 19.6 Å². The molecule has 38 heavy (non-hydrogen) atoms. The summed E-state index contributed by atoms with van der Waals surface area (Å²) in [6.07, 6.45) is 9.67. The van der Waals surface area contributed by atoms with Gasteiger partial charge < -0.3 is 14.6 Å². The van der Waals surface area contributed by atoms with Crippen LogP contribution in [-0.4, -0.2) is 38.4 Å². The van der Waals surface area contributed by atoms with Gasteiger partial charge in [0.1, 0.15) is 5.75 Å². The zero-order valence-electron chi connectivity index (χ0n) is 23.2. The molecular formula is C32H39NO4Si. The molecule has 0 aliphatic heterocycles. The maximum Gasteiger partial charge on any atom is 0.335 e. The first-order valence-corrected chi connectivity index (χ1v) is 17.7. The molecule has 4 fully saturated rings. The number of methoxy groups -OCH3 is 1. The predicted molar refractivity (Wildman–Crippen MR) is 154 cm³/mol. The Morgan fingerprint density at radius 1 is 1.03 bits per heavy atom. The molecule has 2 aromatic carbocycles. The maximum atomic E-state index is 11.3. The minimum Gasteiger partial charge on any atom is -0.497 e. The van der Waals surface area contributed by atoms with E-state index in [0.717, 1.165) is 46.6 Å². The van der Waals surface area contributed by atoms with E-state index in [2.05, 4.69) is 37.8 Å². The van der Waals surface area contributed by atoms with E-state index in [0.29, 0.717) is 11.3 Å². The van der Waals surface area contributed by atoms with Crippen LogP contribution in [0.3, 0.4) is 0 Å². The van der Waals surface area contributed by atoms with Gasteiger partial charge in [0.2, 0.25) is 5.90 Å².